The van der Waals surface area contributed by atoms with E-state index in [0.717, 1.165) is 10.8 Å². The molecular weight excluding hydrogens is 328 g/mol. The largest absolute Gasteiger partial charge is 0.449 e. The molecule has 0 heterocycles. The minimum atomic E-state index is -1.01. The van der Waals surface area contributed by atoms with Gasteiger partial charge in [0, 0.05) is 0 Å². The molecule has 0 aromatic heterocycles. The number of amides is 1. The number of nitrogens with one attached hydrogen (secondary N) is 1. The molecule has 1 N–H and O–H groups in total. The number of para-hydroxylation sites is 1. The maximum absolute atomic E-state index is 12.5. The number of rotatable bonds is 4. The van der Waals surface area contributed by atoms with Gasteiger partial charge in [0.25, 0.3) is 5.91 Å². The van der Waals surface area contributed by atoms with E-state index in [1.165, 1.54) is 6.92 Å². The van der Waals surface area contributed by atoms with Gasteiger partial charge in [-0.1, -0.05) is 48.5 Å². The molecule has 1 atom stereocenters. The number of esters is 1. The van der Waals surface area contributed by atoms with Crippen LogP contribution >= 0.6 is 0 Å². The third-order valence-electron chi connectivity index (χ3n) is 3.97. The molecule has 0 aliphatic heterocycles. The first-order valence-corrected chi connectivity index (χ1v) is 8.09. The third-order valence-corrected chi connectivity index (χ3v) is 3.97. The first-order valence-electron chi connectivity index (χ1n) is 8.09. The zero-order chi connectivity index (χ0) is 18.5. The van der Waals surface area contributed by atoms with Crippen molar-refractivity contribution >= 4 is 28.3 Å². The number of nitrogens with zero attached hydrogens (tertiary/aromatic N) is 1. The van der Waals surface area contributed by atoms with Crippen LogP contribution in [0.2, 0.25) is 0 Å². The zero-order valence-electron chi connectivity index (χ0n) is 14.1. The maximum Gasteiger partial charge on any atom is 0.339 e. The van der Waals surface area contributed by atoms with Gasteiger partial charge in [0.2, 0.25) is 0 Å². The van der Waals surface area contributed by atoms with Crippen LogP contribution in [0.25, 0.3) is 10.8 Å². The lowest BCUT2D eigenvalue weighted by molar-refractivity contribution is -0.123. The minimum absolute atomic E-state index is 0.341. The van der Waals surface area contributed by atoms with Gasteiger partial charge in [-0.3, -0.25) is 4.79 Å². The maximum atomic E-state index is 12.5. The zero-order valence-corrected chi connectivity index (χ0v) is 14.1. The summed E-state index contributed by atoms with van der Waals surface area (Å²) in [6.45, 7) is 1.49. The van der Waals surface area contributed by atoms with E-state index < -0.39 is 18.0 Å². The first-order chi connectivity index (χ1) is 12.6. The second-order valence-corrected chi connectivity index (χ2v) is 5.72. The van der Waals surface area contributed by atoms with Crippen LogP contribution in [0.1, 0.15) is 22.8 Å². The van der Waals surface area contributed by atoms with Crippen molar-refractivity contribution in [2.24, 2.45) is 0 Å². The van der Waals surface area contributed by atoms with Gasteiger partial charge < -0.3 is 10.1 Å². The Morgan fingerprint density at radius 1 is 1.00 bits per heavy atom. The SMILES string of the molecule is C[C@@H](OC(=O)c1cccc2ccccc12)C(=O)Nc1ccccc1C#N. The van der Waals surface area contributed by atoms with Crippen LogP contribution in [0.5, 0.6) is 0 Å². The Bertz CT molecular complexity index is 1020. The van der Waals surface area contributed by atoms with E-state index in [1.54, 1.807) is 36.4 Å². The minimum Gasteiger partial charge on any atom is -0.449 e. The molecule has 3 aromatic carbocycles. The van der Waals surface area contributed by atoms with Crippen molar-refractivity contribution in [3.05, 3.63) is 77.9 Å². The normalized spacial score (nSPS) is 11.4. The Morgan fingerprint density at radius 2 is 1.69 bits per heavy atom. The lowest BCUT2D eigenvalue weighted by Gasteiger charge is -2.15. The second-order valence-electron chi connectivity index (χ2n) is 5.72. The van der Waals surface area contributed by atoms with Gasteiger partial charge in [0.15, 0.2) is 6.10 Å². The van der Waals surface area contributed by atoms with Crippen molar-refractivity contribution in [3.63, 3.8) is 0 Å². The van der Waals surface area contributed by atoms with Gasteiger partial charge in [-0.2, -0.15) is 5.26 Å². The Morgan fingerprint density at radius 3 is 2.50 bits per heavy atom. The van der Waals surface area contributed by atoms with Crippen LogP contribution in [0.3, 0.4) is 0 Å². The van der Waals surface area contributed by atoms with Crippen LogP contribution in [-0.2, 0) is 9.53 Å². The molecule has 0 bridgehead atoms. The molecule has 0 aliphatic rings. The number of benzene rings is 3. The fourth-order valence-corrected chi connectivity index (χ4v) is 2.60. The van der Waals surface area contributed by atoms with Crippen LogP contribution in [0.4, 0.5) is 5.69 Å². The Balaban J connectivity index is 1.74. The second kappa shape index (κ2) is 7.49. The summed E-state index contributed by atoms with van der Waals surface area (Å²) >= 11 is 0. The molecule has 0 fully saturated rings. The predicted octanol–water partition coefficient (Wildman–Crippen LogP) is 3.90. The fraction of sp³-hybridized carbons (Fsp3) is 0.0952. The summed E-state index contributed by atoms with van der Waals surface area (Å²) in [7, 11) is 0. The van der Waals surface area contributed by atoms with Crippen LogP contribution in [-0.4, -0.2) is 18.0 Å². The number of anilines is 1. The van der Waals surface area contributed by atoms with E-state index in [1.807, 2.05) is 36.4 Å². The molecule has 0 aliphatic carbocycles. The summed E-state index contributed by atoms with van der Waals surface area (Å²) in [5, 5.41) is 13.4. The summed E-state index contributed by atoms with van der Waals surface area (Å²) in [4.78, 5) is 24.8. The highest BCUT2D eigenvalue weighted by atomic mass is 16.5. The number of nitriles is 1. The van der Waals surface area contributed by atoms with E-state index in [9.17, 15) is 9.59 Å². The molecule has 26 heavy (non-hydrogen) atoms. The highest BCUT2D eigenvalue weighted by molar-refractivity contribution is 6.05. The Kier molecular flexibility index (Phi) is 4.95. The summed E-state index contributed by atoms with van der Waals surface area (Å²) in [5.74, 6) is -1.07. The van der Waals surface area contributed by atoms with Crippen molar-refractivity contribution in [3.8, 4) is 6.07 Å². The van der Waals surface area contributed by atoms with Crippen LogP contribution in [0.15, 0.2) is 66.7 Å². The molecular formula is C21H16N2O3. The highest BCUT2D eigenvalue weighted by Gasteiger charge is 2.21. The van der Waals surface area contributed by atoms with Gasteiger partial charge in [0.1, 0.15) is 6.07 Å². The van der Waals surface area contributed by atoms with Crippen molar-refractivity contribution in [2.45, 2.75) is 13.0 Å². The van der Waals surface area contributed by atoms with Crippen molar-refractivity contribution in [2.75, 3.05) is 5.32 Å². The van der Waals surface area contributed by atoms with E-state index >= 15 is 0 Å². The van der Waals surface area contributed by atoms with Crippen molar-refractivity contribution in [1.82, 2.24) is 0 Å². The summed E-state index contributed by atoms with van der Waals surface area (Å²) in [6, 6.07) is 21.5. The lowest BCUT2D eigenvalue weighted by atomic mass is 10.0. The summed E-state index contributed by atoms with van der Waals surface area (Å²) in [6.07, 6.45) is -1.01. The van der Waals surface area contributed by atoms with Crippen molar-refractivity contribution < 1.29 is 14.3 Å². The lowest BCUT2D eigenvalue weighted by Crippen LogP contribution is -2.30. The van der Waals surface area contributed by atoms with Crippen molar-refractivity contribution in [1.29, 1.82) is 5.26 Å². The first kappa shape index (κ1) is 17.2. The topological polar surface area (TPSA) is 79.2 Å². The highest BCUT2D eigenvalue weighted by Crippen LogP contribution is 2.20. The van der Waals surface area contributed by atoms with E-state index in [0.29, 0.717) is 16.8 Å². The van der Waals surface area contributed by atoms with Crippen LogP contribution < -0.4 is 5.32 Å². The molecule has 5 heteroatoms. The van der Waals surface area contributed by atoms with E-state index in [4.69, 9.17) is 10.00 Å². The van der Waals surface area contributed by atoms with Gasteiger partial charge in [-0.05, 0) is 35.9 Å². The number of fused-ring (bicyclic) bond motifs is 1. The standard InChI is InChI=1S/C21H16N2O3/c1-14(20(24)23-19-12-5-3-8-16(19)13-22)26-21(25)18-11-6-9-15-7-2-4-10-17(15)18/h2-12,14H,1H3,(H,23,24)/t14-/m1/s1. The quantitative estimate of drug-likeness (QED) is 0.728. The summed E-state index contributed by atoms with van der Waals surface area (Å²) in [5.41, 5.74) is 1.13. The number of hydrogen-bond acceptors (Lipinski definition) is 4. The molecule has 128 valence electrons. The average molecular weight is 344 g/mol. The van der Waals surface area contributed by atoms with Crippen LogP contribution in [0, 0.1) is 11.3 Å². The van der Waals surface area contributed by atoms with Gasteiger partial charge in [0.05, 0.1) is 16.8 Å². The third kappa shape index (κ3) is 3.55. The molecule has 0 saturated heterocycles. The molecule has 5 nitrogen and oxygen atoms in total. The fourth-order valence-electron chi connectivity index (χ4n) is 2.60. The molecule has 3 rings (SSSR count). The molecule has 0 unspecified atom stereocenters. The smallest absolute Gasteiger partial charge is 0.339 e. The van der Waals surface area contributed by atoms with Gasteiger partial charge in [-0.15, -0.1) is 0 Å². The Labute approximate surface area is 150 Å². The van der Waals surface area contributed by atoms with E-state index in [-0.39, 0.29) is 0 Å². The molecule has 0 radical (unpaired) electrons. The molecule has 1 amide bonds. The summed E-state index contributed by atoms with van der Waals surface area (Å²) < 4.78 is 5.32. The molecule has 0 spiro atoms. The van der Waals surface area contributed by atoms with E-state index in [2.05, 4.69) is 5.32 Å². The van der Waals surface area contributed by atoms with Gasteiger partial charge in [-0.25, -0.2) is 4.79 Å². The Hall–Kier alpha value is -3.65. The number of carbonyl (C=O) groups excluding carboxylic acids is 2. The van der Waals surface area contributed by atoms with Gasteiger partial charge >= 0.3 is 5.97 Å². The number of carbonyl (C=O) groups is 2. The monoisotopic (exact) mass is 344 g/mol. The number of ether oxygens (including phenoxy) is 1. The predicted molar refractivity (Wildman–Crippen MR) is 98.6 cm³/mol. The average Bonchev–Trinajstić information content (AvgIpc) is 2.67. The molecule has 3 aromatic rings. The number of hydrogen-bond donors (Lipinski definition) is 1. The molecule has 0 saturated carbocycles.